The molecule has 2 amide bonds. The van der Waals surface area contributed by atoms with E-state index in [4.69, 9.17) is 10.2 Å². The van der Waals surface area contributed by atoms with Crippen molar-refractivity contribution in [3.63, 3.8) is 0 Å². The number of imide groups is 1. The molecule has 24 heavy (non-hydrogen) atoms. The Labute approximate surface area is 174 Å². The molecule has 7 heteroatoms. The number of nitrogens with zero attached hydrogens (tertiary/aromatic N) is 1. The monoisotopic (exact) mass is 517 g/mol. The second-order valence-corrected chi connectivity index (χ2v) is 3.68. The van der Waals surface area contributed by atoms with Crippen LogP contribution in [0.3, 0.4) is 0 Å². The second kappa shape index (κ2) is 17.4. The third kappa shape index (κ3) is 7.61. The van der Waals surface area contributed by atoms with Crippen LogP contribution in [0.25, 0.3) is 0 Å². The van der Waals surface area contributed by atoms with E-state index in [1.54, 1.807) is 24.3 Å². The van der Waals surface area contributed by atoms with Gasteiger partial charge in [0.15, 0.2) is 6.29 Å². The van der Waals surface area contributed by atoms with Gasteiger partial charge in [-0.05, 0) is 19.1 Å². The molecule has 5 nitrogen and oxygen atoms in total. The summed E-state index contributed by atoms with van der Waals surface area (Å²) in [7, 11) is 0. The Bertz CT molecular complexity index is 433. The Morgan fingerprint density at radius 1 is 0.792 bits per heavy atom. The van der Waals surface area contributed by atoms with Gasteiger partial charge >= 0.3 is 39.0 Å². The van der Waals surface area contributed by atoms with E-state index in [-0.39, 0.29) is 83.5 Å². The van der Waals surface area contributed by atoms with Crippen LogP contribution in [0.4, 0.5) is 0 Å². The van der Waals surface area contributed by atoms with Crippen molar-refractivity contribution < 1.29 is 58.8 Å². The molecule has 2 rings (SSSR count). The molecule has 0 fully saturated rings. The van der Waals surface area contributed by atoms with Gasteiger partial charge in [-0.15, -0.1) is 0 Å². The minimum Gasteiger partial charge on any atom is -0.366 e. The molecule has 1 aliphatic rings. The van der Waals surface area contributed by atoms with E-state index >= 15 is 0 Å². The number of carbonyl (C=O) groups is 2. The van der Waals surface area contributed by atoms with Crippen LogP contribution < -0.4 is 0 Å². The molecule has 0 aliphatic carbocycles. The summed E-state index contributed by atoms with van der Waals surface area (Å²) in [5.41, 5.74) is 0.611. The quantitative estimate of drug-likeness (QED) is 0.274. The van der Waals surface area contributed by atoms with Crippen LogP contribution in [0, 0.1) is 44.6 Å². The second-order valence-electron chi connectivity index (χ2n) is 3.68. The molecule has 144 valence electrons. The summed E-state index contributed by atoms with van der Waals surface area (Å²) in [6, 6.07) is 5.46. The molecular weight excluding hydrogens is 488 g/mol. The van der Waals surface area contributed by atoms with Crippen molar-refractivity contribution >= 4 is 11.8 Å². The Morgan fingerprint density at radius 2 is 1.08 bits per heavy atom. The maximum absolute atomic E-state index is 11.8. The predicted octanol–water partition coefficient (Wildman–Crippen LogP) is 2.68. The van der Waals surface area contributed by atoms with Crippen LogP contribution in [-0.4, -0.2) is 39.3 Å². The average molecular weight is 517 g/mol. The zero-order chi connectivity index (χ0) is 11.9. The summed E-state index contributed by atoms with van der Waals surface area (Å²) in [6.07, 6.45) is -1.73. The van der Waals surface area contributed by atoms with Crippen LogP contribution in [-0.2, 0) is 39.0 Å². The molecule has 2 N–H and O–H groups in total. The molecule has 0 unspecified atom stereocenters. The van der Waals surface area contributed by atoms with Gasteiger partial charge in [-0.3, -0.25) is 14.5 Å². The van der Waals surface area contributed by atoms with Crippen LogP contribution in [0.5, 0.6) is 0 Å². The van der Waals surface area contributed by atoms with Gasteiger partial charge in [0.25, 0.3) is 11.8 Å². The number of aliphatic hydroxyl groups is 2. The Morgan fingerprint density at radius 3 is 1.33 bits per heavy atom. The van der Waals surface area contributed by atoms with Crippen LogP contribution in [0.2, 0.25) is 0 Å². The SMILES string of the molecule is C[C@@H](C(O)O)N1C(=O)c2ccccc2C1=O.[CH3-].[CH3-].[CH3-].[CH3-].[CH3-].[CH3-].[Rh+3].[Rh+3]. The van der Waals surface area contributed by atoms with Gasteiger partial charge in [0.1, 0.15) is 0 Å². The summed E-state index contributed by atoms with van der Waals surface area (Å²) < 4.78 is 0. The Balaban J connectivity index is -0.0000000722. The van der Waals surface area contributed by atoms with Gasteiger partial charge in [0, 0.05) is 0 Å². The van der Waals surface area contributed by atoms with E-state index in [0.29, 0.717) is 11.1 Å². The van der Waals surface area contributed by atoms with Crippen LogP contribution in [0.1, 0.15) is 27.6 Å². The zero-order valence-corrected chi connectivity index (χ0v) is 18.6. The van der Waals surface area contributed by atoms with E-state index in [1.165, 1.54) is 6.92 Å². The fourth-order valence-corrected chi connectivity index (χ4v) is 1.71. The van der Waals surface area contributed by atoms with Crippen LogP contribution >= 0.6 is 0 Å². The number of aliphatic hydroxyl groups excluding tert-OH is 1. The third-order valence-electron chi connectivity index (χ3n) is 2.66. The molecular formula is C17H29NO4Rh2. The molecule has 0 saturated carbocycles. The molecule has 0 saturated heterocycles. The van der Waals surface area contributed by atoms with E-state index < -0.39 is 24.1 Å². The molecule has 1 atom stereocenters. The smallest absolute Gasteiger partial charge is 0.366 e. The molecule has 0 spiro atoms. The van der Waals surface area contributed by atoms with E-state index in [9.17, 15) is 9.59 Å². The topological polar surface area (TPSA) is 77.8 Å². The van der Waals surface area contributed by atoms with Gasteiger partial charge in [-0.25, -0.2) is 0 Å². The number of hydrogen-bond donors (Lipinski definition) is 2. The van der Waals surface area contributed by atoms with E-state index in [1.807, 2.05) is 0 Å². The number of benzene rings is 1. The minimum absolute atomic E-state index is 0. The number of fused-ring (bicyclic) bond motifs is 1. The molecule has 1 heterocycles. The summed E-state index contributed by atoms with van der Waals surface area (Å²) in [5, 5.41) is 18.0. The molecule has 0 aromatic heterocycles. The Kier molecular flexibility index (Phi) is 31.6. The number of carbonyl (C=O) groups excluding carboxylic acids is 2. The summed E-state index contributed by atoms with van der Waals surface area (Å²) in [6.45, 7) is 1.41. The molecule has 1 aliphatic heterocycles. The average Bonchev–Trinajstić information content (AvgIpc) is 2.52. The summed E-state index contributed by atoms with van der Waals surface area (Å²) >= 11 is 0. The Hall–Kier alpha value is -0.473. The first-order valence-corrected chi connectivity index (χ1v) is 4.87. The first-order chi connectivity index (χ1) is 7.54. The van der Waals surface area contributed by atoms with Gasteiger partial charge < -0.3 is 54.8 Å². The summed E-state index contributed by atoms with van der Waals surface area (Å²) in [4.78, 5) is 24.5. The van der Waals surface area contributed by atoms with Crippen molar-refractivity contribution in [3.8, 4) is 0 Å². The first kappa shape index (κ1) is 43.7. The molecule has 1 aromatic rings. The fraction of sp³-hybridized carbons (Fsp3) is 0.176. The van der Waals surface area contributed by atoms with E-state index in [0.717, 1.165) is 4.90 Å². The fourth-order valence-electron chi connectivity index (χ4n) is 1.71. The number of amides is 2. The van der Waals surface area contributed by atoms with Crippen molar-refractivity contribution in [3.05, 3.63) is 80.0 Å². The third-order valence-corrected chi connectivity index (χ3v) is 2.66. The summed E-state index contributed by atoms with van der Waals surface area (Å²) in [5.74, 6) is -0.970. The molecule has 0 bridgehead atoms. The predicted molar refractivity (Wildman–Crippen MR) is 93.1 cm³/mol. The standard InChI is InChI=1S/C11H11NO4.6CH3.2Rh/c1-6(11(15)16)12-9(13)7-4-2-3-5-8(7)10(12)14;;;;;;;;/h2-6,11,15-16H,1H3;6*1H3;;/q;6*-1;2*+3/t6-;;;;;;;;/m0......../s1. The first-order valence-electron chi connectivity index (χ1n) is 4.87. The van der Waals surface area contributed by atoms with Crippen molar-refractivity contribution in [2.24, 2.45) is 0 Å². The van der Waals surface area contributed by atoms with Gasteiger partial charge in [0.2, 0.25) is 0 Å². The van der Waals surface area contributed by atoms with Crippen molar-refractivity contribution in [1.82, 2.24) is 4.90 Å². The maximum Gasteiger partial charge on any atom is 3.00 e. The van der Waals surface area contributed by atoms with Crippen molar-refractivity contribution in [2.45, 2.75) is 19.3 Å². The van der Waals surface area contributed by atoms with Crippen LogP contribution in [0.15, 0.2) is 24.3 Å². The van der Waals surface area contributed by atoms with E-state index in [2.05, 4.69) is 0 Å². The van der Waals surface area contributed by atoms with Crippen molar-refractivity contribution in [1.29, 1.82) is 0 Å². The zero-order valence-electron chi connectivity index (χ0n) is 15.3. The number of hydrogen-bond acceptors (Lipinski definition) is 4. The normalized spacial score (nSPS) is 11.2. The molecule has 1 aromatic carbocycles. The van der Waals surface area contributed by atoms with Gasteiger partial charge in [-0.1, -0.05) is 12.1 Å². The van der Waals surface area contributed by atoms with Crippen molar-refractivity contribution in [2.75, 3.05) is 0 Å². The minimum atomic E-state index is -1.73. The number of rotatable bonds is 2. The van der Waals surface area contributed by atoms with Gasteiger partial charge in [0.05, 0.1) is 17.2 Å². The maximum atomic E-state index is 11.8. The molecule has 0 radical (unpaired) electrons. The van der Waals surface area contributed by atoms with Gasteiger partial charge in [-0.2, -0.15) is 0 Å². The largest absolute Gasteiger partial charge is 3.00 e.